The second kappa shape index (κ2) is 4.23. The highest BCUT2D eigenvalue weighted by molar-refractivity contribution is 7.90. The van der Waals surface area contributed by atoms with Gasteiger partial charge in [0.2, 0.25) is 0 Å². The molecule has 16 heavy (non-hydrogen) atoms. The third-order valence-corrected chi connectivity index (χ3v) is 3.38. The normalized spacial score (nSPS) is 13.4. The first kappa shape index (κ1) is 12.7. The summed E-state index contributed by atoms with van der Waals surface area (Å²) in [6.07, 6.45) is 1.10. The third-order valence-electron chi connectivity index (χ3n) is 2.27. The molecule has 0 saturated carbocycles. The standard InChI is InChI=1S/C10H13NO4S/c1-6-5-7(16(2,14)15)3-4-8(6)9(11)10(12)13/h3-5,9H,11H2,1-2H3,(H,12,13). The van der Waals surface area contributed by atoms with E-state index in [1.54, 1.807) is 6.92 Å². The molecule has 1 rings (SSSR count). The molecule has 1 atom stereocenters. The van der Waals surface area contributed by atoms with Crippen molar-refractivity contribution in [1.82, 2.24) is 0 Å². The van der Waals surface area contributed by atoms with Gasteiger partial charge in [0.1, 0.15) is 6.04 Å². The number of aliphatic carboxylic acids is 1. The quantitative estimate of drug-likeness (QED) is 0.804. The van der Waals surface area contributed by atoms with E-state index in [0.717, 1.165) is 6.26 Å². The van der Waals surface area contributed by atoms with Crippen molar-refractivity contribution in [1.29, 1.82) is 0 Å². The Balaban J connectivity index is 3.25. The minimum atomic E-state index is -3.28. The summed E-state index contributed by atoms with van der Waals surface area (Å²) in [7, 11) is -3.28. The van der Waals surface area contributed by atoms with Crippen LogP contribution in [-0.2, 0) is 14.6 Å². The lowest BCUT2D eigenvalue weighted by Gasteiger charge is -2.11. The Labute approximate surface area is 93.8 Å². The van der Waals surface area contributed by atoms with Gasteiger partial charge in [-0.2, -0.15) is 0 Å². The maximum absolute atomic E-state index is 11.3. The molecule has 0 aliphatic rings. The fourth-order valence-corrected chi connectivity index (χ4v) is 2.07. The van der Waals surface area contributed by atoms with Crippen LogP contribution in [0.2, 0.25) is 0 Å². The lowest BCUT2D eigenvalue weighted by molar-refractivity contribution is -0.138. The van der Waals surface area contributed by atoms with Crippen LogP contribution in [0.3, 0.4) is 0 Å². The molecule has 0 bridgehead atoms. The van der Waals surface area contributed by atoms with Crippen molar-refractivity contribution in [2.45, 2.75) is 17.9 Å². The Morgan fingerprint density at radius 1 is 1.44 bits per heavy atom. The molecule has 1 aromatic rings. The Bertz CT molecular complexity index is 522. The number of nitrogens with two attached hydrogens (primary N) is 1. The van der Waals surface area contributed by atoms with Gasteiger partial charge < -0.3 is 10.8 Å². The lowest BCUT2D eigenvalue weighted by atomic mass is 10.0. The fourth-order valence-electron chi connectivity index (χ4n) is 1.36. The van der Waals surface area contributed by atoms with Crippen LogP contribution in [0.4, 0.5) is 0 Å². The van der Waals surface area contributed by atoms with E-state index in [0.29, 0.717) is 11.1 Å². The summed E-state index contributed by atoms with van der Waals surface area (Å²) in [5.74, 6) is -1.14. The predicted molar refractivity (Wildman–Crippen MR) is 58.9 cm³/mol. The lowest BCUT2D eigenvalue weighted by Crippen LogP contribution is -2.21. The summed E-state index contributed by atoms with van der Waals surface area (Å²) >= 11 is 0. The van der Waals surface area contributed by atoms with E-state index in [1.807, 2.05) is 0 Å². The maximum Gasteiger partial charge on any atom is 0.325 e. The maximum atomic E-state index is 11.3. The Kier molecular flexibility index (Phi) is 3.35. The predicted octanol–water partition coefficient (Wildman–Crippen LogP) is 0.483. The van der Waals surface area contributed by atoms with E-state index in [-0.39, 0.29) is 4.90 Å². The summed E-state index contributed by atoms with van der Waals surface area (Å²) in [4.78, 5) is 10.8. The molecule has 0 fully saturated rings. The van der Waals surface area contributed by atoms with Gasteiger partial charge in [-0.15, -0.1) is 0 Å². The van der Waals surface area contributed by atoms with Gasteiger partial charge in [-0.05, 0) is 30.2 Å². The molecule has 3 N–H and O–H groups in total. The first-order valence-electron chi connectivity index (χ1n) is 4.52. The van der Waals surface area contributed by atoms with Crippen LogP contribution >= 0.6 is 0 Å². The highest BCUT2D eigenvalue weighted by Crippen LogP contribution is 2.20. The molecule has 0 aromatic heterocycles. The van der Waals surface area contributed by atoms with Crippen LogP contribution < -0.4 is 5.73 Å². The first-order chi connectivity index (χ1) is 7.23. The van der Waals surface area contributed by atoms with Gasteiger partial charge in [0.15, 0.2) is 9.84 Å². The van der Waals surface area contributed by atoms with Gasteiger partial charge in [0, 0.05) is 6.26 Å². The Hall–Kier alpha value is -1.40. The largest absolute Gasteiger partial charge is 0.480 e. The smallest absolute Gasteiger partial charge is 0.325 e. The molecular formula is C10H13NO4S. The van der Waals surface area contributed by atoms with Crippen molar-refractivity contribution in [2.75, 3.05) is 6.26 Å². The number of hydrogen-bond acceptors (Lipinski definition) is 4. The van der Waals surface area contributed by atoms with Crippen molar-refractivity contribution in [2.24, 2.45) is 5.73 Å². The van der Waals surface area contributed by atoms with Gasteiger partial charge in [-0.3, -0.25) is 4.79 Å². The van der Waals surface area contributed by atoms with Crippen LogP contribution in [0, 0.1) is 6.92 Å². The number of sulfone groups is 1. The number of benzene rings is 1. The van der Waals surface area contributed by atoms with E-state index in [9.17, 15) is 13.2 Å². The molecule has 0 amide bonds. The number of carboxylic acids is 1. The molecular weight excluding hydrogens is 230 g/mol. The van der Waals surface area contributed by atoms with E-state index in [1.165, 1.54) is 18.2 Å². The third kappa shape index (κ3) is 2.59. The van der Waals surface area contributed by atoms with Crippen molar-refractivity contribution < 1.29 is 18.3 Å². The summed E-state index contributed by atoms with van der Waals surface area (Å²) in [6.45, 7) is 1.63. The van der Waals surface area contributed by atoms with Crippen molar-refractivity contribution in [3.05, 3.63) is 29.3 Å². The molecule has 0 aliphatic heterocycles. The molecule has 88 valence electrons. The highest BCUT2D eigenvalue weighted by atomic mass is 32.2. The van der Waals surface area contributed by atoms with Crippen LogP contribution in [0.1, 0.15) is 17.2 Å². The molecule has 6 heteroatoms. The van der Waals surface area contributed by atoms with Crippen LogP contribution in [0.15, 0.2) is 23.1 Å². The monoisotopic (exact) mass is 243 g/mol. The van der Waals surface area contributed by atoms with Crippen molar-refractivity contribution in [3.63, 3.8) is 0 Å². The van der Waals surface area contributed by atoms with E-state index >= 15 is 0 Å². The molecule has 0 saturated heterocycles. The zero-order chi connectivity index (χ0) is 12.5. The molecule has 0 aliphatic carbocycles. The van der Waals surface area contributed by atoms with Crippen LogP contribution in [0.5, 0.6) is 0 Å². The number of hydrogen-bond donors (Lipinski definition) is 2. The summed E-state index contributed by atoms with van der Waals surface area (Å²) < 4.78 is 22.5. The number of carbonyl (C=O) groups is 1. The topological polar surface area (TPSA) is 97.5 Å². The second-order valence-corrected chi connectivity index (χ2v) is 5.62. The van der Waals surface area contributed by atoms with Gasteiger partial charge in [0.05, 0.1) is 4.90 Å². The first-order valence-corrected chi connectivity index (χ1v) is 6.41. The minimum absolute atomic E-state index is 0.159. The second-order valence-electron chi connectivity index (χ2n) is 3.61. The average molecular weight is 243 g/mol. The molecule has 0 spiro atoms. The summed E-state index contributed by atoms with van der Waals surface area (Å²) in [5.41, 5.74) is 6.42. The Morgan fingerprint density at radius 2 is 2.00 bits per heavy atom. The molecule has 0 radical (unpaired) electrons. The minimum Gasteiger partial charge on any atom is -0.480 e. The van der Waals surface area contributed by atoms with Gasteiger partial charge >= 0.3 is 5.97 Å². The number of aryl methyl sites for hydroxylation is 1. The van der Waals surface area contributed by atoms with Crippen LogP contribution in [0.25, 0.3) is 0 Å². The highest BCUT2D eigenvalue weighted by Gasteiger charge is 2.18. The summed E-state index contributed by atoms with van der Waals surface area (Å²) in [6, 6.07) is 3.09. The molecule has 1 aromatic carbocycles. The van der Waals surface area contributed by atoms with Crippen molar-refractivity contribution in [3.8, 4) is 0 Å². The van der Waals surface area contributed by atoms with Crippen molar-refractivity contribution >= 4 is 15.8 Å². The molecule has 5 nitrogen and oxygen atoms in total. The van der Waals surface area contributed by atoms with Crippen LogP contribution in [-0.4, -0.2) is 25.7 Å². The number of carboxylic acid groups (broad SMARTS) is 1. The fraction of sp³-hybridized carbons (Fsp3) is 0.300. The summed E-state index contributed by atoms with van der Waals surface area (Å²) in [5, 5.41) is 8.75. The van der Waals surface area contributed by atoms with Gasteiger partial charge in [-0.25, -0.2) is 8.42 Å². The van der Waals surface area contributed by atoms with Gasteiger partial charge in [-0.1, -0.05) is 6.07 Å². The Morgan fingerprint density at radius 3 is 2.38 bits per heavy atom. The van der Waals surface area contributed by atoms with E-state index in [4.69, 9.17) is 10.8 Å². The number of rotatable bonds is 3. The average Bonchev–Trinajstić information content (AvgIpc) is 2.15. The zero-order valence-corrected chi connectivity index (χ0v) is 9.78. The zero-order valence-electron chi connectivity index (χ0n) is 8.97. The molecule has 1 unspecified atom stereocenters. The van der Waals surface area contributed by atoms with E-state index in [2.05, 4.69) is 0 Å². The van der Waals surface area contributed by atoms with Gasteiger partial charge in [0.25, 0.3) is 0 Å². The van der Waals surface area contributed by atoms with E-state index < -0.39 is 21.8 Å². The SMILES string of the molecule is Cc1cc(S(C)(=O)=O)ccc1C(N)C(=O)O. The molecule has 0 heterocycles.